The fraction of sp³-hybridized carbons (Fsp3) is 0.923. The number of carbonyl (C=O) groups excluding carboxylic acids is 1. The molecule has 0 aromatic rings. The maximum Gasteiger partial charge on any atom is 0.237 e. The predicted octanol–water partition coefficient (Wildman–Crippen LogP) is 1.27. The first-order valence-corrected chi connectivity index (χ1v) is 6.38. The van der Waals surface area contributed by atoms with Crippen molar-refractivity contribution < 1.29 is 9.90 Å². The lowest BCUT2D eigenvalue weighted by Gasteiger charge is -2.23. The molecule has 1 amide bonds. The number of nitrogens with one attached hydrogen (secondary N) is 1. The van der Waals surface area contributed by atoms with Crippen LogP contribution in [-0.2, 0) is 4.79 Å². The number of nitrogens with two attached hydrogens (primary N) is 1. The Morgan fingerprint density at radius 2 is 1.94 bits per heavy atom. The van der Waals surface area contributed by atoms with E-state index < -0.39 is 12.1 Å². The molecular weight excluding hydrogens is 216 g/mol. The van der Waals surface area contributed by atoms with Crippen molar-refractivity contribution in [3.05, 3.63) is 0 Å². The van der Waals surface area contributed by atoms with Gasteiger partial charge in [0.25, 0.3) is 0 Å². The Kier molecular flexibility index (Phi) is 6.72. The number of carbonyl (C=O) groups is 1. The smallest absolute Gasteiger partial charge is 0.237 e. The highest BCUT2D eigenvalue weighted by atomic mass is 16.3. The third-order valence-corrected chi connectivity index (χ3v) is 2.92. The minimum absolute atomic E-state index is 0.0585. The van der Waals surface area contributed by atoms with E-state index in [4.69, 9.17) is 5.73 Å². The van der Waals surface area contributed by atoms with Crippen molar-refractivity contribution in [2.75, 3.05) is 6.54 Å². The average Bonchev–Trinajstić information content (AvgIpc) is 2.21. The maximum absolute atomic E-state index is 11.7. The number of hydrogen-bond donors (Lipinski definition) is 3. The molecule has 0 aliphatic heterocycles. The maximum atomic E-state index is 11.7. The second-order valence-corrected chi connectivity index (χ2v) is 6.08. The van der Waals surface area contributed by atoms with E-state index in [0.717, 1.165) is 6.42 Å². The van der Waals surface area contributed by atoms with Crippen LogP contribution in [0.25, 0.3) is 0 Å². The van der Waals surface area contributed by atoms with Crippen LogP contribution >= 0.6 is 0 Å². The van der Waals surface area contributed by atoms with Gasteiger partial charge < -0.3 is 16.2 Å². The molecule has 3 atom stereocenters. The van der Waals surface area contributed by atoms with Gasteiger partial charge in [0.05, 0.1) is 12.1 Å². The first kappa shape index (κ1) is 16.4. The van der Waals surface area contributed by atoms with Crippen LogP contribution in [0, 0.1) is 11.3 Å². The zero-order chi connectivity index (χ0) is 13.6. The molecule has 102 valence electrons. The van der Waals surface area contributed by atoms with Crippen molar-refractivity contribution >= 4 is 5.91 Å². The van der Waals surface area contributed by atoms with E-state index in [9.17, 15) is 9.90 Å². The third kappa shape index (κ3) is 7.34. The molecule has 0 rings (SSSR count). The topological polar surface area (TPSA) is 75.4 Å². The van der Waals surface area contributed by atoms with Crippen LogP contribution in [0.3, 0.4) is 0 Å². The fourth-order valence-corrected chi connectivity index (χ4v) is 1.63. The second kappa shape index (κ2) is 6.97. The number of rotatable bonds is 6. The molecule has 0 radical (unpaired) electrons. The zero-order valence-corrected chi connectivity index (χ0v) is 11.8. The SMILES string of the molecule is CCC(C)C(N)C(=O)NCC(O)CC(C)(C)C. The Hall–Kier alpha value is -0.610. The van der Waals surface area contributed by atoms with Gasteiger partial charge in [-0.1, -0.05) is 41.0 Å². The van der Waals surface area contributed by atoms with E-state index in [2.05, 4.69) is 26.1 Å². The summed E-state index contributed by atoms with van der Waals surface area (Å²) in [5.41, 5.74) is 5.85. The molecule has 0 saturated heterocycles. The van der Waals surface area contributed by atoms with Crippen molar-refractivity contribution in [1.82, 2.24) is 5.32 Å². The molecule has 0 heterocycles. The van der Waals surface area contributed by atoms with Gasteiger partial charge in [-0.05, 0) is 17.8 Å². The molecule has 4 N–H and O–H groups in total. The van der Waals surface area contributed by atoms with Gasteiger partial charge in [0.1, 0.15) is 0 Å². The van der Waals surface area contributed by atoms with E-state index in [0.29, 0.717) is 6.42 Å². The predicted molar refractivity (Wildman–Crippen MR) is 70.5 cm³/mol. The molecule has 3 unspecified atom stereocenters. The standard InChI is InChI=1S/C13H28N2O2/c1-6-9(2)11(14)12(17)15-8-10(16)7-13(3,4)5/h9-11,16H,6-8,14H2,1-5H3,(H,15,17). The Morgan fingerprint density at radius 1 is 1.41 bits per heavy atom. The van der Waals surface area contributed by atoms with Gasteiger partial charge >= 0.3 is 0 Å². The Morgan fingerprint density at radius 3 is 2.35 bits per heavy atom. The summed E-state index contributed by atoms with van der Waals surface area (Å²) in [4.78, 5) is 11.7. The normalized spacial score (nSPS) is 17.4. The lowest BCUT2D eigenvalue weighted by atomic mass is 9.89. The van der Waals surface area contributed by atoms with E-state index >= 15 is 0 Å². The van der Waals surface area contributed by atoms with E-state index in [-0.39, 0.29) is 23.8 Å². The van der Waals surface area contributed by atoms with Crippen LogP contribution in [0.2, 0.25) is 0 Å². The molecule has 0 aromatic carbocycles. The zero-order valence-electron chi connectivity index (χ0n) is 11.8. The van der Waals surface area contributed by atoms with E-state index in [1.165, 1.54) is 0 Å². The summed E-state index contributed by atoms with van der Waals surface area (Å²) in [6, 6.07) is -0.484. The first-order valence-electron chi connectivity index (χ1n) is 6.38. The van der Waals surface area contributed by atoms with Crippen LogP contribution in [0.15, 0.2) is 0 Å². The molecule has 0 aliphatic carbocycles. The summed E-state index contributed by atoms with van der Waals surface area (Å²) in [7, 11) is 0. The second-order valence-electron chi connectivity index (χ2n) is 6.08. The highest BCUT2D eigenvalue weighted by molar-refractivity contribution is 5.81. The molecule has 0 fully saturated rings. The molecule has 0 saturated carbocycles. The molecule has 0 aliphatic rings. The fourth-order valence-electron chi connectivity index (χ4n) is 1.63. The lowest BCUT2D eigenvalue weighted by Crippen LogP contribution is -2.47. The minimum atomic E-state index is -0.511. The quantitative estimate of drug-likeness (QED) is 0.658. The van der Waals surface area contributed by atoms with Crippen LogP contribution in [0.5, 0.6) is 0 Å². The highest BCUT2D eigenvalue weighted by Crippen LogP contribution is 2.20. The van der Waals surface area contributed by atoms with Gasteiger partial charge in [-0.25, -0.2) is 0 Å². The van der Waals surface area contributed by atoms with Gasteiger partial charge in [-0.3, -0.25) is 4.79 Å². The van der Waals surface area contributed by atoms with Crippen LogP contribution in [-0.4, -0.2) is 29.7 Å². The van der Waals surface area contributed by atoms with Crippen molar-refractivity contribution in [3.63, 3.8) is 0 Å². The summed E-state index contributed by atoms with van der Waals surface area (Å²) in [5.74, 6) is -0.0120. The summed E-state index contributed by atoms with van der Waals surface area (Å²) >= 11 is 0. The van der Waals surface area contributed by atoms with Crippen LogP contribution < -0.4 is 11.1 Å². The van der Waals surface area contributed by atoms with E-state index in [1.54, 1.807) is 0 Å². The van der Waals surface area contributed by atoms with Gasteiger partial charge in [-0.2, -0.15) is 0 Å². The third-order valence-electron chi connectivity index (χ3n) is 2.92. The minimum Gasteiger partial charge on any atom is -0.391 e. The molecule has 4 heteroatoms. The summed E-state index contributed by atoms with van der Waals surface area (Å²) < 4.78 is 0. The molecule has 0 bridgehead atoms. The van der Waals surface area contributed by atoms with Crippen LogP contribution in [0.1, 0.15) is 47.5 Å². The summed E-state index contributed by atoms with van der Waals surface area (Å²) in [6.45, 7) is 10.4. The number of amides is 1. The number of aliphatic hydroxyl groups excluding tert-OH is 1. The highest BCUT2D eigenvalue weighted by Gasteiger charge is 2.21. The molecule has 4 nitrogen and oxygen atoms in total. The van der Waals surface area contributed by atoms with Gasteiger partial charge in [0, 0.05) is 6.54 Å². The first-order chi connectivity index (χ1) is 7.67. The van der Waals surface area contributed by atoms with Gasteiger partial charge in [0.15, 0.2) is 0 Å². The Balaban J connectivity index is 3.99. The number of aliphatic hydroxyl groups is 1. The summed E-state index contributed by atoms with van der Waals surface area (Å²) in [6.07, 6.45) is 1.02. The van der Waals surface area contributed by atoms with Gasteiger partial charge in [0.2, 0.25) is 5.91 Å². The molecular formula is C13H28N2O2. The Labute approximate surface area is 105 Å². The van der Waals surface area contributed by atoms with E-state index in [1.807, 2.05) is 13.8 Å². The molecule has 17 heavy (non-hydrogen) atoms. The molecule has 0 aromatic heterocycles. The van der Waals surface area contributed by atoms with Crippen molar-refractivity contribution in [2.45, 2.75) is 59.6 Å². The van der Waals surface area contributed by atoms with Crippen LogP contribution in [0.4, 0.5) is 0 Å². The van der Waals surface area contributed by atoms with Crippen molar-refractivity contribution in [2.24, 2.45) is 17.1 Å². The largest absolute Gasteiger partial charge is 0.391 e. The lowest BCUT2D eigenvalue weighted by molar-refractivity contribution is -0.124. The van der Waals surface area contributed by atoms with Crippen molar-refractivity contribution in [3.8, 4) is 0 Å². The number of hydrogen-bond acceptors (Lipinski definition) is 3. The Bertz CT molecular complexity index is 236. The van der Waals surface area contributed by atoms with Gasteiger partial charge in [-0.15, -0.1) is 0 Å². The molecule has 0 spiro atoms. The average molecular weight is 244 g/mol. The summed E-state index contributed by atoms with van der Waals surface area (Å²) in [5, 5.41) is 12.5. The van der Waals surface area contributed by atoms with Crippen molar-refractivity contribution in [1.29, 1.82) is 0 Å². The monoisotopic (exact) mass is 244 g/mol.